The summed E-state index contributed by atoms with van der Waals surface area (Å²) in [6, 6.07) is 13.0. The van der Waals surface area contributed by atoms with Gasteiger partial charge < -0.3 is 10.2 Å². The van der Waals surface area contributed by atoms with Crippen molar-refractivity contribution < 1.29 is 35.6 Å². The number of sulfone groups is 1. The molecule has 0 radical (unpaired) electrons. The van der Waals surface area contributed by atoms with Crippen molar-refractivity contribution in [1.82, 2.24) is 15.1 Å². The van der Waals surface area contributed by atoms with Crippen LogP contribution < -0.4 is 5.32 Å². The number of alkyl halides is 3. The second-order valence-corrected chi connectivity index (χ2v) is 11.8. The van der Waals surface area contributed by atoms with Gasteiger partial charge in [-0.05, 0) is 47.5 Å². The molecule has 0 aliphatic carbocycles. The number of nitrogens with one attached hydrogen (secondary N) is 1. The minimum absolute atomic E-state index is 0.0288. The molecule has 3 aromatic rings. The summed E-state index contributed by atoms with van der Waals surface area (Å²) in [5.74, 6) is -0.936. The maximum Gasteiger partial charge on any atom is 0.416 e. The zero-order chi connectivity index (χ0) is 29.5. The lowest BCUT2D eigenvalue weighted by Crippen LogP contribution is -2.55. The van der Waals surface area contributed by atoms with Crippen LogP contribution in [-0.4, -0.2) is 61.9 Å². The average Bonchev–Trinajstić information content (AvgIpc) is 3.32. The van der Waals surface area contributed by atoms with Crippen LogP contribution in [0.4, 0.5) is 22.4 Å². The van der Waals surface area contributed by atoms with Gasteiger partial charge in [0.2, 0.25) is 5.91 Å². The highest BCUT2D eigenvalue weighted by Crippen LogP contribution is 2.44. The molecule has 13 heteroatoms. The lowest BCUT2D eigenvalue weighted by atomic mass is 9.93. The van der Waals surface area contributed by atoms with Gasteiger partial charge in [0, 0.05) is 24.9 Å². The fourth-order valence-electron chi connectivity index (χ4n) is 4.91. The summed E-state index contributed by atoms with van der Waals surface area (Å²) in [5.41, 5.74) is 0.148. The Kier molecular flexibility index (Phi) is 7.32. The van der Waals surface area contributed by atoms with E-state index >= 15 is 0 Å². The van der Waals surface area contributed by atoms with Crippen molar-refractivity contribution in [3.05, 3.63) is 101 Å². The van der Waals surface area contributed by atoms with E-state index in [0.717, 1.165) is 18.4 Å². The molecule has 2 heterocycles. The third-order valence-electron chi connectivity index (χ3n) is 6.89. The van der Waals surface area contributed by atoms with Gasteiger partial charge in [-0.25, -0.2) is 17.6 Å². The second kappa shape index (κ2) is 10.6. The zero-order valence-electron chi connectivity index (χ0n) is 21.6. The Hall–Kier alpha value is -4.26. The Balaban J connectivity index is 1.67. The Morgan fingerprint density at radius 3 is 2.27 bits per heavy atom. The van der Waals surface area contributed by atoms with E-state index in [0.29, 0.717) is 11.1 Å². The van der Waals surface area contributed by atoms with Crippen LogP contribution in [0.25, 0.3) is 0 Å². The number of benzene rings is 3. The normalized spacial score (nSPS) is 19.6. The summed E-state index contributed by atoms with van der Waals surface area (Å²) in [6.45, 7) is 0.121. The molecule has 41 heavy (non-hydrogen) atoms. The number of carbonyl (C=O) groups excluding carboxylic acids is 2. The highest BCUT2D eigenvalue weighted by molar-refractivity contribution is 7.90. The Morgan fingerprint density at radius 1 is 1.00 bits per heavy atom. The monoisotopic (exact) mass is 588 g/mol. The van der Waals surface area contributed by atoms with Crippen molar-refractivity contribution in [2.24, 2.45) is 4.99 Å². The second-order valence-electron chi connectivity index (χ2n) is 9.74. The number of rotatable bonds is 4. The van der Waals surface area contributed by atoms with E-state index in [1.54, 1.807) is 6.07 Å². The number of carbonyl (C=O) groups is 2. The van der Waals surface area contributed by atoms with E-state index in [4.69, 9.17) is 4.99 Å². The molecule has 1 fully saturated rings. The lowest BCUT2D eigenvalue weighted by Gasteiger charge is -2.35. The molecule has 2 aliphatic heterocycles. The molecule has 2 unspecified atom stereocenters. The van der Waals surface area contributed by atoms with Gasteiger partial charge in [-0.3, -0.25) is 14.7 Å². The molecule has 3 amide bonds. The van der Waals surface area contributed by atoms with Gasteiger partial charge in [0.15, 0.2) is 9.84 Å². The van der Waals surface area contributed by atoms with Crippen LogP contribution in [0.15, 0.2) is 82.7 Å². The van der Waals surface area contributed by atoms with Crippen molar-refractivity contribution in [2.45, 2.75) is 23.2 Å². The molecule has 5 rings (SSSR count). The summed E-state index contributed by atoms with van der Waals surface area (Å²) in [7, 11) is -3.51. The summed E-state index contributed by atoms with van der Waals surface area (Å²) in [6.07, 6.45) is -3.52. The molecule has 1 N–H and O–H groups in total. The zero-order valence-corrected chi connectivity index (χ0v) is 22.4. The van der Waals surface area contributed by atoms with Crippen LogP contribution in [0.2, 0.25) is 0 Å². The molecule has 0 aromatic heterocycles. The highest BCUT2D eigenvalue weighted by Gasteiger charge is 2.44. The smallest absolute Gasteiger partial charge is 0.353 e. The van der Waals surface area contributed by atoms with E-state index in [9.17, 15) is 35.6 Å². The van der Waals surface area contributed by atoms with Gasteiger partial charge in [-0.15, -0.1) is 0 Å². The molecule has 0 spiro atoms. The Bertz CT molecular complexity index is 1620. The van der Waals surface area contributed by atoms with Crippen LogP contribution in [0, 0.1) is 5.82 Å². The number of halogens is 4. The van der Waals surface area contributed by atoms with Crippen LogP contribution >= 0.6 is 0 Å². The van der Waals surface area contributed by atoms with E-state index in [-0.39, 0.29) is 41.8 Å². The summed E-state index contributed by atoms with van der Waals surface area (Å²) >= 11 is 0. The fraction of sp³-hybridized carbons (Fsp3) is 0.250. The van der Waals surface area contributed by atoms with Gasteiger partial charge in [-0.2, -0.15) is 13.2 Å². The van der Waals surface area contributed by atoms with Gasteiger partial charge in [0.25, 0.3) is 0 Å². The van der Waals surface area contributed by atoms with E-state index in [1.165, 1.54) is 64.4 Å². The van der Waals surface area contributed by atoms with Gasteiger partial charge in [0.05, 0.1) is 16.5 Å². The van der Waals surface area contributed by atoms with Crippen LogP contribution in [-0.2, 0) is 20.8 Å². The van der Waals surface area contributed by atoms with Crippen molar-refractivity contribution in [1.29, 1.82) is 0 Å². The molecule has 3 aromatic carbocycles. The molecule has 0 bridgehead atoms. The van der Waals surface area contributed by atoms with Crippen molar-refractivity contribution in [2.75, 3.05) is 25.9 Å². The maximum absolute atomic E-state index is 14.5. The van der Waals surface area contributed by atoms with Crippen LogP contribution in [0.1, 0.15) is 34.3 Å². The van der Waals surface area contributed by atoms with Gasteiger partial charge >= 0.3 is 12.2 Å². The first kappa shape index (κ1) is 28.3. The molecule has 2 atom stereocenters. The molecule has 214 valence electrons. The van der Waals surface area contributed by atoms with Crippen molar-refractivity contribution in [3.63, 3.8) is 0 Å². The number of piperazine rings is 1. The average molecular weight is 589 g/mol. The number of amidine groups is 1. The van der Waals surface area contributed by atoms with E-state index in [2.05, 4.69) is 5.32 Å². The van der Waals surface area contributed by atoms with Crippen molar-refractivity contribution in [3.8, 4) is 0 Å². The van der Waals surface area contributed by atoms with Gasteiger partial charge in [-0.1, -0.05) is 36.4 Å². The summed E-state index contributed by atoms with van der Waals surface area (Å²) in [5, 5.41) is 2.64. The fourth-order valence-corrected chi connectivity index (χ4v) is 5.54. The standard InChI is InChI=1S/C28H24F4N4O4S/c1-41(39,40)22-11-7-17(8-12-22)24-25(19-3-2-4-21(29)15-19)36(27(38)35-14-13-33-23(37)16-35)26(34-24)18-5-9-20(10-6-18)28(30,31)32/h2-12,15,24-25H,13-14,16H2,1H3,(H,33,37). The van der Waals surface area contributed by atoms with Crippen LogP contribution in [0.3, 0.4) is 0 Å². The minimum Gasteiger partial charge on any atom is -0.353 e. The number of aliphatic imine (C=N–C) groups is 1. The number of hydrogen-bond donors (Lipinski definition) is 1. The predicted octanol–water partition coefficient (Wildman–Crippen LogP) is 4.34. The van der Waals surface area contributed by atoms with Crippen molar-refractivity contribution >= 4 is 27.6 Å². The largest absolute Gasteiger partial charge is 0.416 e. The number of nitrogens with zero attached hydrogens (tertiary/aromatic N) is 3. The van der Waals surface area contributed by atoms with Crippen LogP contribution in [0.5, 0.6) is 0 Å². The first-order valence-corrected chi connectivity index (χ1v) is 14.4. The topological polar surface area (TPSA) is 99.2 Å². The Morgan fingerprint density at radius 2 is 1.68 bits per heavy atom. The first-order valence-electron chi connectivity index (χ1n) is 12.5. The van der Waals surface area contributed by atoms with Gasteiger partial charge in [0.1, 0.15) is 24.2 Å². The molecule has 8 nitrogen and oxygen atoms in total. The molecule has 2 aliphatic rings. The quantitative estimate of drug-likeness (QED) is 0.459. The molecular weight excluding hydrogens is 564 g/mol. The molecular formula is C28H24F4N4O4S. The predicted molar refractivity (Wildman–Crippen MR) is 141 cm³/mol. The third kappa shape index (κ3) is 5.80. The van der Waals surface area contributed by atoms with E-state index in [1.807, 2.05) is 0 Å². The molecule has 0 saturated carbocycles. The maximum atomic E-state index is 14.5. The minimum atomic E-state index is -4.58. The third-order valence-corrected chi connectivity index (χ3v) is 8.02. The number of urea groups is 1. The lowest BCUT2D eigenvalue weighted by molar-refractivity contribution is -0.137. The molecule has 1 saturated heterocycles. The first-order chi connectivity index (χ1) is 19.3. The Labute approximate surface area is 233 Å². The summed E-state index contributed by atoms with van der Waals surface area (Å²) < 4.78 is 78.4. The highest BCUT2D eigenvalue weighted by atomic mass is 32.2. The van der Waals surface area contributed by atoms with E-state index < -0.39 is 45.5 Å². The number of amides is 3. The summed E-state index contributed by atoms with van der Waals surface area (Å²) in [4.78, 5) is 33.5. The SMILES string of the molecule is CS(=O)(=O)c1ccc(C2N=C(c3ccc(C(F)(F)F)cc3)N(C(=O)N3CCNC(=O)C3)C2c2cccc(F)c2)cc1. The number of hydrogen-bond acceptors (Lipinski definition) is 5.